The maximum Gasteiger partial charge on any atom is 0.262 e. The van der Waals surface area contributed by atoms with Crippen molar-refractivity contribution in [2.75, 3.05) is 24.7 Å². The fourth-order valence-corrected chi connectivity index (χ4v) is 3.47. The minimum atomic E-state index is -0.0132. The normalized spacial score (nSPS) is 11.1. The Kier molecular flexibility index (Phi) is 5.90. The van der Waals surface area contributed by atoms with Gasteiger partial charge in [0.05, 0.1) is 16.7 Å². The lowest BCUT2D eigenvalue weighted by molar-refractivity contribution is 0.557. The Bertz CT molecular complexity index is 1000. The van der Waals surface area contributed by atoms with Crippen molar-refractivity contribution in [3.05, 3.63) is 40.4 Å². The van der Waals surface area contributed by atoms with Gasteiger partial charge in [-0.05, 0) is 18.6 Å². The Morgan fingerprint density at radius 1 is 1.15 bits per heavy atom. The number of unbranched alkanes of at least 4 members (excludes halogenated alkanes) is 1. The molecule has 0 atom stereocenters. The molecule has 142 valence electrons. The minimum Gasteiger partial charge on any atom is -0.368 e. The van der Waals surface area contributed by atoms with Crippen LogP contribution in [0.25, 0.3) is 10.9 Å². The topological polar surface area (TPSA) is 103 Å². The van der Waals surface area contributed by atoms with Crippen LogP contribution in [0.3, 0.4) is 0 Å². The third-order valence-corrected chi connectivity index (χ3v) is 4.95. The van der Waals surface area contributed by atoms with Crippen molar-refractivity contribution in [2.45, 2.75) is 37.2 Å². The van der Waals surface area contributed by atoms with Crippen LogP contribution in [0.15, 0.2) is 34.2 Å². The van der Waals surface area contributed by atoms with Crippen LogP contribution in [0.2, 0.25) is 0 Å². The quantitative estimate of drug-likeness (QED) is 0.488. The van der Waals surface area contributed by atoms with E-state index in [1.165, 1.54) is 11.8 Å². The zero-order chi connectivity index (χ0) is 19.4. The molecule has 2 aromatic heterocycles. The van der Waals surface area contributed by atoms with Crippen LogP contribution >= 0.6 is 11.8 Å². The van der Waals surface area contributed by atoms with E-state index in [1.54, 1.807) is 9.47 Å². The fraction of sp³-hybridized carbons (Fsp3) is 0.389. The van der Waals surface area contributed by atoms with Gasteiger partial charge in [0.15, 0.2) is 5.16 Å². The highest BCUT2D eigenvalue weighted by Gasteiger charge is 2.13. The maximum absolute atomic E-state index is 12.9. The van der Waals surface area contributed by atoms with Crippen molar-refractivity contribution in [1.82, 2.24) is 24.5 Å². The number of nitrogen functional groups attached to an aromatic ring is 1. The van der Waals surface area contributed by atoms with Gasteiger partial charge in [-0.2, -0.15) is 15.0 Å². The van der Waals surface area contributed by atoms with Gasteiger partial charge in [0.1, 0.15) is 5.82 Å². The summed E-state index contributed by atoms with van der Waals surface area (Å²) in [6, 6.07) is 7.42. The summed E-state index contributed by atoms with van der Waals surface area (Å²) in [6.45, 7) is 2.74. The number of rotatable bonds is 7. The number of aromatic nitrogens is 5. The summed E-state index contributed by atoms with van der Waals surface area (Å²) in [6.07, 6.45) is 1.91. The van der Waals surface area contributed by atoms with Gasteiger partial charge in [-0.1, -0.05) is 37.2 Å². The Balaban J connectivity index is 1.95. The molecule has 0 radical (unpaired) electrons. The number of nitrogens with two attached hydrogens (primary N) is 1. The monoisotopic (exact) mass is 385 g/mol. The number of benzene rings is 1. The molecule has 0 saturated heterocycles. The van der Waals surface area contributed by atoms with E-state index in [-0.39, 0.29) is 11.5 Å². The first-order chi connectivity index (χ1) is 13.0. The van der Waals surface area contributed by atoms with Crippen LogP contribution < -0.4 is 16.2 Å². The number of fused-ring (bicyclic) bond motifs is 1. The molecule has 3 rings (SSSR count). The number of hydrogen-bond donors (Lipinski definition) is 1. The number of para-hydroxylation sites is 1. The summed E-state index contributed by atoms with van der Waals surface area (Å²) in [4.78, 5) is 32.1. The Hall–Kier alpha value is -2.68. The lowest BCUT2D eigenvalue weighted by Gasteiger charge is -2.13. The van der Waals surface area contributed by atoms with Crippen LogP contribution in [0.4, 0.5) is 11.9 Å². The second-order valence-corrected chi connectivity index (χ2v) is 7.26. The van der Waals surface area contributed by atoms with Crippen LogP contribution in [0.1, 0.15) is 25.6 Å². The number of nitrogens with zero attached hydrogens (tertiary/aromatic N) is 6. The second-order valence-electron chi connectivity index (χ2n) is 6.31. The van der Waals surface area contributed by atoms with E-state index in [2.05, 4.69) is 21.9 Å². The molecular formula is C18H23N7OS. The molecule has 9 heteroatoms. The summed E-state index contributed by atoms with van der Waals surface area (Å²) in [5, 5.41) is 1.30. The van der Waals surface area contributed by atoms with E-state index in [4.69, 9.17) is 10.7 Å². The molecule has 3 aromatic rings. The number of anilines is 2. The molecule has 0 fully saturated rings. The van der Waals surface area contributed by atoms with E-state index < -0.39 is 0 Å². The van der Waals surface area contributed by atoms with Gasteiger partial charge in [-0.15, -0.1) is 0 Å². The van der Waals surface area contributed by atoms with Gasteiger partial charge >= 0.3 is 0 Å². The Morgan fingerprint density at radius 2 is 1.93 bits per heavy atom. The molecule has 1 aromatic carbocycles. The van der Waals surface area contributed by atoms with E-state index in [9.17, 15) is 4.79 Å². The van der Waals surface area contributed by atoms with Gasteiger partial charge in [0.25, 0.3) is 5.56 Å². The maximum atomic E-state index is 12.9. The zero-order valence-corrected chi connectivity index (χ0v) is 16.5. The average molecular weight is 385 g/mol. The smallest absolute Gasteiger partial charge is 0.262 e. The largest absolute Gasteiger partial charge is 0.368 e. The molecule has 2 heterocycles. The molecular weight excluding hydrogens is 362 g/mol. The van der Waals surface area contributed by atoms with Crippen molar-refractivity contribution in [1.29, 1.82) is 0 Å². The number of hydrogen-bond acceptors (Lipinski definition) is 8. The van der Waals surface area contributed by atoms with E-state index in [0.29, 0.717) is 40.1 Å². The lowest BCUT2D eigenvalue weighted by Crippen LogP contribution is -2.23. The highest BCUT2D eigenvalue weighted by Crippen LogP contribution is 2.22. The zero-order valence-electron chi connectivity index (χ0n) is 15.7. The molecule has 27 heavy (non-hydrogen) atoms. The van der Waals surface area contributed by atoms with E-state index in [0.717, 1.165) is 12.8 Å². The molecule has 2 N–H and O–H groups in total. The predicted molar refractivity (Wildman–Crippen MR) is 109 cm³/mol. The van der Waals surface area contributed by atoms with E-state index >= 15 is 0 Å². The molecule has 0 spiro atoms. The SMILES string of the molecule is CCCCn1c(SCc2nc(N)nc(N(C)C)n2)nc2ccccc2c1=O. The first kappa shape index (κ1) is 19.1. The molecule has 0 aliphatic carbocycles. The molecule has 0 unspecified atom stereocenters. The fourth-order valence-electron chi connectivity index (χ4n) is 2.59. The summed E-state index contributed by atoms with van der Waals surface area (Å²) in [7, 11) is 3.69. The summed E-state index contributed by atoms with van der Waals surface area (Å²) in [5.41, 5.74) is 6.47. The number of thioether (sulfide) groups is 1. The van der Waals surface area contributed by atoms with Crippen molar-refractivity contribution in [2.24, 2.45) is 0 Å². The lowest BCUT2D eigenvalue weighted by atomic mass is 10.2. The highest BCUT2D eigenvalue weighted by molar-refractivity contribution is 7.98. The van der Waals surface area contributed by atoms with Gasteiger partial charge in [-0.25, -0.2) is 4.98 Å². The summed E-state index contributed by atoms with van der Waals surface area (Å²) < 4.78 is 1.74. The van der Waals surface area contributed by atoms with E-state index in [1.807, 2.05) is 38.4 Å². The molecule has 0 saturated carbocycles. The molecule has 0 bridgehead atoms. The third-order valence-electron chi connectivity index (χ3n) is 3.98. The summed E-state index contributed by atoms with van der Waals surface area (Å²) in [5.74, 6) is 1.69. The predicted octanol–water partition coefficient (Wildman–Crippen LogP) is 2.32. The van der Waals surface area contributed by atoms with Crippen LogP contribution in [-0.4, -0.2) is 38.6 Å². The standard InChI is InChI=1S/C18H23N7OS/c1-4-5-10-25-15(26)12-8-6-7-9-13(12)20-18(25)27-11-14-21-16(19)23-17(22-14)24(2)3/h6-9H,4-5,10-11H2,1-3H3,(H2,19,21,22,23). The van der Waals surface area contributed by atoms with Gasteiger partial charge < -0.3 is 10.6 Å². The Labute approximate surface area is 161 Å². The average Bonchev–Trinajstić information content (AvgIpc) is 2.65. The second kappa shape index (κ2) is 8.34. The van der Waals surface area contributed by atoms with Crippen LogP contribution in [0, 0.1) is 0 Å². The van der Waals surface area contributed by atoms with Crippen molar-refractivity contribution in [3.63, 3.8) is 0 Å². The molecule has 8 nitrogen and oxygen atoms in total. The van der Waals surface area contributed by atoms with Gasteiger partial charge in [0.2, 0.25) is 11.9 Å². The van der Waals surface area contributed by atoms with Crippen molar-refractivity contribution >= 4 is 34.6 Å². The Morgan fingerprint density at radius 3 is 2.67 bits per heavy atom. The molecule has 0 aliphatic heterocycles. The highest BCUT2D eigenvalue weighted by atomic mass is 32.2. The first-order valence-corrected chi connectivity index (χ1v) is 9.78. The first-order valence-electron chi connectivity index (χ1n) is 8.79. The van der Waals surface area contributed by atoms with Crippen LogP contribution in [-0.2, 0) is 12.3 Å². The van der Waals surface area contributed by atoms with Crippen LogP contribution in [0.5, 0.6) is 0 Å². The molecule has 0 aliphatic rings. The molecule has 0 amide bonds. The van der Waals surface area contributed by atoms with Gasteiger partial charge in [-0.3, -0.25) is 9.36 Å². The van der Waals surface area contributed by atoms with Crippen molar-refractivity contribution in [3.8, 4) is 0 Å². The third kappa shape index (κ3) is 4.36. The van der Waals surface area contributed by atoms with Gasteiger partial charge in [0, 0.05) is 20.6 Å². The summed E-state index contributed by atoms with van der Waals surface area (Å²) >= 11 is 1.43. The van der Waals surface area contributed by atoms with Crippen molar-refractivity contribution < 1.29 is 0 Å². The minimum absolute atomic E-state index is 0.0132.